The third kappa shape index (κ3) is 5.00. The van der Waals surface area contributed by atoms with Gasteiger partial charge in [0.05, 0.1) is 6.16 Å². The predicted octanol–water partition coefficient (Wildman–Crippen LogP) is 1.94. The highest BCUT2D eigenvalue weighted by Gasteiger charge is 2.74. The molecule has 0 aliphatic rings. The van der Waals surface area contributed by atoms with E-state index in [1.807, 2.05) is 0 Å². The van der Waals surface area contributed by atoms with Crippen LogP contribution in [0.4, 0.5) is 35.1 Å². The van der Waals surface area contributed by atoms with E-state index in [-0.39, 0.29) is 0 Å². The fraction of sp³-hybridized carbons (Fsp3) is 1.00. The van der Waals surface area contributed by atoms with Crippen LogP contribution in [0.1, 0.15) is 6.42 Å². The molecule has 0 aliphatic carbocycles. The van der Waals surface area contributed by atoms with Crippen molar-refractivity contribution in [3.8, 4) is 0 Å². The Morgan fingerprint density at radius 2 is 1.50 bits per heavy atom. The largest absolute Gasteiger partial charge is 0.456 e. The first-order chi connectivity index (χ1) is 10.3. The molecular weight excluding hydrogens is 405 g/mol. The Morgan fingerprint density at radius 1 is 1.08 bits per heavy atom. The molecular formula is C8H12F8NO5PS. The normalized spacial score (nSPS) is 16.5. The SMILES string of the molecule is CN(CCCP(=O)(O)O)S(=O)(=O)C(F)(F)C(F)C(F)(F)C(F)(F)F. The molecule has 0 aromatic rings. The van der Waals surface area contributed by atoms with Crippen LogP contribution in [0.5, 0.6) is 0 Å². The molecule has 0 amide bonds. The van der Waals surface area contributed by atoms with Crippen LogP contribution >= 0.6 is 7.60 Å². The number of sulfonamides is 1. The second kappa shape index (κ2) is 7.02. The summed E-state index contributed by atoms with van der Waals surface area (Å²) in [5, 5.41) is -6.14. The van der Waals surface area contributed by atoms with E-state index in [9.17, 15) is 48.1 Å². The van der Waals surface area contributed by atoms with Crippen molar-refractivity contribution in [3.63, 3.8) is 0 Å². The van der Waals surface area contributed by atoms with E-state index in [0.717, 1.165) is 0 Å². The molecule has 6 nitrogen and oxygen atoms in total. The Labute approximate surface area is 130 Å². The summed E-state index contributed by atoms with van der Waals surface area (Å²) in [5.41, 5.74) is 0. The first-order valence-corrected chi connectivity index (χ1v) is 8.99. The average Bonchev–Trinajstić information content (AvgIpc) is 2.34. The Kier molecular flexibility index (Phi) is 6.87. The van der Waals surface area contributed by atoms with Crippen molar-refractivity contribution in [2.45, 2.75) is 29.9 Å². The van der Waals surface area contributed by atoms with E-state index in [1.54, 1.807) is 0 Å². The van der Waals surface area contributed by atoms with Crippen molar-refractivity contribution in [3.05, 3.63) is 0 Å². The van der Waals surface area contributed by atoms with Crippen molar-refractivity contribution < 1.29 is 57.9 Å². The first-order valence-electron chi connectivity index (χ1n) is 5.75. The molecule has 0 aliphatic heterocycles. The van der Waals surface area contributed by atoms with Crippen LogP contribution in [0.2, 0.25) is 0 Å². The third-order valence-corrected chi connectivity index (χ3v) is 5.46. The van der Waals surface area contributed by atoms with Gasteiger partial charge in [0.2, 0.25) is 0 Å². The van der Waals surface area contributed by atoms with Crippen LogP contribution < -0.4 is 0 Å². The van der Waals surface area contributed by atoms with Crippen LogP contribution in [0, 0.1) is 0 Å². The predicted molar refractivity (Wildman–Crippen MR) is 63.9 cm³/mol. The van der Waals surface area contributed by atoms with E-state index in [4.69, 9.17) is 9.79 Å². The zero-order valence-electron chi connectivity index (χ0n) is 11.6. The summed E-state index contributed by atoms with van der Waals surface area (Å²) in [5.74, 6) is -6.64. The molecule has 2 N–H and O–H groups in total. The van der Waals surface area contributed by atoms with Crippen LogP contribution in [0.25, 0.3) is 0 Å². The maximum Gasteiger partial charge on any atom is 0.456 e. The maximum atomic E-state index is 13.4. The lowest BCUT2D eigenvalue weighted by molar-refractivity contribution is -0.318. The van der Waals surface area contributed by atoms with Crippen LogP contribution in [0.3, 0.4) is 0 Å². The van der Waals surface area contributed by atoms with Gasteiger partial charge in [0, 0.05) is 13.6 Å². The van der Waals surface area contributed by atoms with E-state index >= 15 is 0 Å². The van der Waals surface area contributed by atoms with Gasteiger partial charge in [-0.05, 0) is 6.42 Å². The Morgan fingerprint density at radius 3 is 1.83 bits per heavy atom. The number of rotatable bonds is 8. The van der Waals surface area contributed by atoms with Crippen LogP contribution in [0.15, 0.2) is 0 Å². The highest BCUT2D eigenvalue weighted by atomic mass is 32.2. The van der Waals surface area contributed by atoms with Crippen molar-refractivity contribution >= 4 is 17.6 Å². The second-order valence-corrected chi connectivity index (χ2v) is 8.51. The van der Waals surface area contributed by atoms with E-state index in [1.165, 1.54) is 0 Å². The van der Waals surface area contributed by atoms with E-state index in [0.29, 0.717) is 7.05 Å². The summed E-state index contributed by atoms with van der Waals surface area (Å²) in [4.78, 5) is 17.0. The van der Waals surface area contributed by atoms with Gasteiger partial charge in [-0.25, -0.2) is 12.8 Å². The molecule has 0 radical (unpaired) electrons. The molecule has 0 spiro atoms. The topological polar surface area (TPSA) is 94.9 Å². The van der Waals surface area contributed by atoms with E-state index in [2.05, 4.69) is 0 Å². The van der Waals surface area contributed by atoms with Gasteiger partial charge in [-0.1, -0.05) is 0 Å². The minimum absolute atomic E-state index is 0.307. The number of hydrogen-bond donors (Lipinski definition) is 2. The third-order valence-electron chi connectivity index (χ3n) is 2.67. The molecule has 0 rings (SSSR count). The molecule has 0 bridgehead atoms. The van der Waals surface area contributed by atoms with Crippen molar-refractivity contribution in [1.29, 1.82) is 0 Å². The highest BCUT2D eigenvalue weighted by molar-refractivity contribution is 7.90. The Balaban J connectivity index is 5.41. The number of alkyl halides is 8. The summed E-state index contributed by atoms with van der Waals surface area (Å²) in [6.07, 6.45) is -13.9. The summed E-state index contributed by atoms with van der Waals surface area (Å²) < 4.78 is 134. The quantitative estimate of drug-likeness (QED) is 0.465. The van der Waals surface area contributed by atoms with Crippen LogP contribution in [-0.4, -0.2) is 65.8 Å². The molecule has 0 aromatic carbocycles. The summed E-state index contributed by atoms with van der Waals surface area (Å²) in [6.45, 7) is -1.08. The fourth-order valence-corrected chi connectivity index (χ4v) is 3.06. The summed E-state index contributed by atoms with van der Waals surface area (Å²) >= 11 is 0. The van der Waals surface area contributed by atoms with Gasteiger partial charge in [-0.3, -0.25) is 4.57 Å². The number of hydrogen-bond acceptors (Lipinski definition) is 3. The lowest BCUT2D eigenvalue weighted by Gasteiger charge is -2.30. The molecule has 0 aromatic heterocycles. The molecule has 0 fully saturated rings. The molecule has 24 heavy (non-hydrogen) atoms. The molecule has 0 saturated carbocycles. The first kappa shape index (κ1) is 23.5. The van der Waals surface area contributed by atoms with Crippen LogP contribution in [-0.2, 0) is 14.6 Å². The Bertz CT molecular complexity index is 588. The monoisotopic (exact) mass is 417 g/mol. The minimum atomic E-state index is -6.76. The maximum absolute atomic E-state index is 13.4. The molecule has 16 heteroatoms. The molecule has 146 valence electrons. The molecule has 0 saturated heterocycles. The average molecular weight is 417 g/mol. The zero-order valence-corrected chi connectivity index (χ0v) is 13.4. The van der Waals surface area contributed by atoms with Gasteiger partial charge in [0.25, 0.3) is 16.2 Å². The summed E-state index contributed by atoms with van der Waals surface area (Å²) in [7, 11) is -10.6. The lowest BCUT2D eigenvalue weighted by atomic mass is 10.2. The molecule has 1 atom stereocenters. The van der Waals surface area contributed by atoms with Gasteiger partial charge in [0.15, 0.2) is 0 Å². The highest BCUT2D eigenvalue weighted by Crippen LogP contribution is 2.47. The zero-order chi connectivity index (χ0) is 19.8. The van der Waals surface area contributed by atoms with Crippen molar-refractivity contribution in [2.24, 2.45) is 0 Å². The number of nitrogens with zero attached hydrogens (tertiary/aromatic N) is 1. The van der Waals surface area contributed by atoms with Gasteiger partial charge in [-0.2, -0.15) is 35.0 Å². The standard InChI is InChI=1S/C8H12F8NO5PS/c1-17(3-2-4-23(18,19)20)24(21,22)7(12,13)5(9)6(10,11)8(14,15)16/h5H,2-4H2,1H3,(H2,18,19,20). The number of halogens is 8. The molecule has 0 heterocycles. The van der Waals surface area contributed by atoms with Gasteiger partial charge >= 0.3 is 24.9 Å². The Hall–Kier alpha value is -0.500. The van der Waals surface area contributed by atoms with Gasteiger partial charge < -0.3 is 9.79 Å². The summed E-state index contributed by atoms with van der Waals surface area (Å²) in [6, 6.07) is 0. The van der Waals surface area contributed by atoms with Crippen molar-refractivity contribution in [1.82, 2.24) is 4.31 Å². The van der Waals surface area contributed by atoms with Gasteiger partial charge in [0.1, 0.15) is 0 Å². The van der Waals surface area contributed by atoms with E-state index < -0.39 is 64.6 Å². The second-order valence-electron chi connectivity index (χ2n) is 4.61. The van der Waals surface area contributed by atoms with Crippen molar-refractivity contribution in [2.75, 3.05) is 19.8 Å². The lowest BCUT2D eigenvalue weighted by Crippen LogP contribution is -2.58. The minimum Gasteiger partial charge on any atom is -0.324 e. The fourth-order valence-electron chi connectivity index (χ4n) is 1.31. The molecule has 1 unspecified atom stereocenters. The smallest absolute Gasteiger partial charge is 0.324 e. The van der Waals surface area contributed by atoms with Gasteiger partial charge in [-0.15, -0.1) is 0 Å².